The molecule has 3 rings (SSSR count). The smallest absolute Gasteiger partial charge is 0.270 e. The monoisotopic (exact) mass is 350 g/mol. The molecule has 0 spiro atoms. The maximum Gasteiger partial charge on any atom is 0.270 e. The molecule has 5 nitrogen and oxygen atoms in total. The molecule has 0 atom stereocenters. The number of amides is 1. The van der Waals surface area contributed by atoms with E-state index in [2.05, 4.69) is 5.32 Å². The molecule has 25 heavy (non-hydrogen) atoms. The van der Waals surface area contributed by atoms with Gasteiger partial charge in [0.15, 0.2) is 0 Å². The fraction of sp³-hybridized carbons (Fsp3) is 0. The van der Waals surface area contributed by atoms with Gasteiger partial charge in [0.2, 0.25) is 0 Å². The predicted molar refractivity (Wildman–Crippen MR) is 98.1 cm³/mol. The summed E-state index contributed by atoms with van der Waals surface area (Å²) in [5.74, 6) is -0.384. The Labute approximate surface area is 148 Å². The van der Waals surface area contributed by atoms with E-state index in [0.29, 0.717) is 5.69 Å². The third-order valence-corrected chi connectivity index (χ3v) is 4.51. The summed E-state index contributed by atoms with van der Waals surface area (Å²) in [6.07, 6.45) is 0. The quantitative estimate of drug-likeness (QED) is 0.519. The number of hydrogen-bond acceptors (Lipinski definition) is 4. The number of benzene rings is 3. The molecule has 6 heteroatoms. The molecule has 0 aliphatic heterocycles. The molecule has 0 aromatic heterocycles. The third kappa shape index (κ3) is 4.24. The van der Waals surface area contributed by atoms with Gasteiger partial charge in [0.1, 0.15) is 0 Å². The van der Waals surface area contributed by atoms with Crippen LogP contribution in [0.5, 0.6) is 0 Å². The maximum absolute atomic E-state index is 12.5. The number of carbonyl (C=O) groups excluding carboxylic acids is 1. The van der Waals surface area contributed by atoms with Gasteiger partial charge in [0.25, 0.3) is 11.6 Å². The largest absolute Gasteiger partial charge is 0.321 e. The van der Waals surface area contributed by atoms with Gasteiger partial charge in [-0.25, -0.2) is 0 Å². The van der Waals surface area contributed by atoms with Crippen LogP contribution >= 0.6 is 11.8 Å². The number of anilines is 1. The van der Waals surface area contributed by atoms with E-state index in [-0.39, 0.29) is 17.2 Å². The van der Waals surface area contributed by atoms with Crippen molar-refractivity contribution in [3.05, 3.63) is 94.5 Å². The Bertz CT molecular complexity index is 913. The van der Waals surface area contributed by atoms with Crippen molar-refractivity contribution in [2.24, 2.45) is 0 Å². The predicted octanol–water partition coefficient (Wildman–Crippen LogP) is 5.00. The van der Waals surface area contributed by atoms with Gasteiger partial charge in [-0.1, -0.05) is 48.2 Å². The number of nitro benzene ring substituents is 1. The van der Waals surface area contributed by atoms with E-state index in [0.717, 1.165) is 9.79 Å². The summed E-state index contributed by atoms with van der Waals surface area (Å²) in [5.41, 5.74) is 0.793. The van der Waals surface area contributed by atoms with Crippen LogP contribution in [-0.4, -0.2) is 10.8 Å². The molecule has 0 aliphatic rings. The molecule has 3 aromatic carbocycles. The average molecular weight is 350 g/mol. The number of nitro groups is 1. The third-order valence-electron chi connectivity index (χ3n) is 3.43. The van der Waals surface area contributed by atoms with Gasteiger partial charge in [0.05, 0.1) is 10.6 Å². The van der Waals surface area contributed by atoms with Gasteiger partial charge >= 0.3 is 0 Å². The van der Waals surface area contributed by atoms with Crippen molar-refractivity contribution in [2.75, 3.05) is 5.32 Å². The molecule has 1 amide bonds. The van der Waals surface area contributed by atoms with Crippen LogP contribution < -0.4 is 5.32 Å². The van der Waals surface area contributed by atoms with E-state index in [1.165, 1.54) is 30.0 Å². The average Bonchev–Trinajstić information content (AvgIpc) is 2.64. The zero-order valence-electron chi connectivity index (χ0n) is 13.1. The van der Waals surface area contributed by atoms with Crippen LogP contribution in [0.1, 0.15) is 10.4 Å². The first-order valence-electron chi connectivity index (χ1n) is 7.51. The zero-order valence-corrected chi connectivity index (χ0v) is 13.9. The second-order valence-corrected chi connectivity index (χ2v) is 6.29. The molecular weight excluding hydrogens is 336 g/mol. The van der Waals surface area contributed by atoms with Gasteiger partial charge in [0, 0.05) is 27.5 Å². The molecule has 0 aliphatic carbocycles. The molecule has 1 N–H and O–H groups in total. The number of non-ortho nitro benzene ring substituents is 1. The van der Waals surface area contributed by atoms with E-state index in [4.69, 9.17) is 0 Å². The minimum atomic E-state index is -0.518. The fourth-order valence-corrected chi connectivity index (χ4v) is 3.15. The van der Waals surface area contributed by atoms with Crippen LogP contribution in [-0.2, 0) is 0 Å². The lowest BCUT2D eigenvalue weighted by atomic mass is 10.2. The van der Waals surface area contributed by atoms with Gasteiger partial charge in [-0.15, -0.1) is 0 Å². The topological polar surface area (TPSA) is 72.2 Å². The summed E-state index contributed by atoms with van der Waals surface area (Å²) in [4.78, 5) is 24.7. The molecule has 0 bridgehead atoms. The molecule has 0 saturated carbocycles. The summed E-state index contributed by atoms with van der Waals surface area (Å²) in [6.45, 7) is 0. The second kappa shape index (κ2) is 7.63. The number of carbonyl (C=O) groups is 1. The second-order valence-electron chi connectivity index (χ2n) is 5.17. The number of hydrogen-bond donors (Lipinski definition) is 1. The van der Waals surface area contributed by atoms with Crippen LogP contribution in [0.4, 0.5) is 11.4 Å². The molecule has 0 heterocycles. The molecule has 0 fully saturated rings. The van der Waals surface area contributed by atoms with E-state index in [9.17, 15) is 14.9 Å². The molecule has 3 aromatic rings. The Kier molecular flexibility index (Phi) is 5.11. The summed E-state index contributed by atoms with van der Waals surface area (Å²) in [6, 6.07) is 23.0. The Morgan fingerprint density at radius 2 is 1.64 bits per heavy atom. The normalized spacial score (nSPS) is 10.2. The summed E-state index contributed by atoms with van der Waals surface area (Å²) in [7, 11) is 0. The van der Waals surface area contributed by atoms with Crippen molar-refractivity contribution < 1.29 is 9.72 Å². The van der Waals surface area contributed by atoms with Gasteiger partial charge in [-0.2, -0.15) is 0 Å². The Balaban J connectivity index is 1.82. The van der Waals surface area contributed by atoms with Crippen molar-refractivity contribution in [1.82, 2.24) is 0 Å². The fourth-order valence-electron chi connectivity index (χ4n) is 2.23. The summed E-state index contributed by atoms with van der Waals surface area (Å²) < 4.78 is 0. The van der Waals surface area contributed by atoms with Gasteiger partial charge < -0.3 is 5.32 Å². The van der Waals surface area contributed by atoms with Gasteiger partial charge in [-0.3, -0.25) is 14.9 Å². The highest BCUT2D eigenvalue weighted by molar-refractivity contribution is 7.99. The van der Waals surface area contributed by atoms with E-state index in [1.54, 1.807) is 12.1 Å². The highest BCUT2D eigenvalue weighted by atomic mass is 32.2. The molecule has 0 saturated heterocycles. The minimum Gasteiger partial charge on any atom is -0.321 e. The highest BCUT2D eigenvalue weighted by Crippen LogP contribution is 2.33. The Morgan fingerprint density at radius 3 is 2.40 bits per heavy atom. The lowest BCUT2D eigenvalue weighted by Gasteiger charge is -2.10. The van der Waals surface area contributed by atoms with Crippen LogP contribution in [0.25, 0.3) is 0 Å². The first kappa shape index (κ1) is 16.7. The van der Waals surface area contributed by atoms with Crippen molar-refractivity contribution in [1.29, 1.82) is 0 Å². The SMILES string of the molecule is O=C(Nc1ccccc1Sc1ccccc1)c1cccc([N+](=O)[O-])c1. The van der Waals surface area contributed by atoms with Crippen molar-refractivity contribution in [2.45, 2.75) is 9.79 Å². The van der Waals surface area contributed by atoms with Gasteiger partial charge in [-0.05, 0) is 30.3 Å². The zero-order chi connectivity index (χ0) is 17.6. The lowest BCUT2D eigenvalue weighted by molar-refractivity contribution is -0.384. The maximum atomic E-state index is 12.5. The first-order chi connectivity index (χ1) is 12.1. The van der Waals surface area contributed by atoms with Crippen LogP contribution in [0.2, 0.25) is 0 Å². The number of nitrogens with zero attached hydrogens (tertiary/aromatic N) is 1. The molecule has 0 unspecified atom stereocenters. The molecule has 0 radical (unpaired) electrons. The minimum absolute atomic E-state index is 0.111. The Morgan fingerprint density at radius 1 is 0.920 bits per heavy atom. The summed E-state index contributed by atoms with van der Waals surface area (Å²) >= 11 is 1.54. The van der Waals surface area contributed by atoms with Crippen molar-refractivity contribution in [3.63, 3.8) is 0 Å². The first-order valence-corrected chi connectivity index (χ1v) is 8.33. The van der Waals surface area contributed by atoms with E-state index in [1.807, 2.05) is 48.5 Å². The van der Waals surface area contributed by atoms with Crippen molar-refractivity contribution in [3.8, 4) is 0 Å². The van der Waals surface area contributed by atoms with Crippen LogP contribution in [0, 0.1) is 10.1 Å². The number of rotatable bonds is 5. The standard InChI is InChI=1S/C19H14N2O3S/c22-19(14-7-6-8-15(13-14)21(23)24)20-17-11-4-5-12-18(17)25-16-9-2-1-3-10-16/h1-13H,(H,20,22). The summed E-state index contributed by atoms with van der Waals surface area (Å²) in [5, 5.41) is 13.7. The number of para-hydroxylation sites is 1. The highest BCUT2D eigenvalue weighted by Gasteiger charge is 2.13. The van der Waals surface area contributed by atoms with Crippen LogP contribution in [0.15, 0.2) is 88.7 Å². The van der Waals surface area contributed by atoms with Crippen molar-refractivity contribution >= 4 is 29.0 Å². The molecule has 124 valence electrons. The van der Waals surface area contributed by atoms with E-state index >= 15 is 0 Å². The van der Waals surface area contributed by atoms with E-state index < -0.39 is 4.92 Å². The molecular formula is C19H14N2O3S. The number of nitrogens with one attached hydrogen (secondary N) is 1. The lowest BCUT2D eigenvalue weighted by Crippen LogP contribution is -2.12. The van der Waals surface area contributed by atoms with Crippen LogP contribution in [0.3, 0.4) is 0 Å². The Hall–Kier alpha value is -3.12.